The maximum Gasteiger partial charge on any atom is 0.343 e. The molecule has 1 fully saturated rings. The SMILES string of the molecule is CCCCC[C@H]1Cc2cc(O)c(C(=O)O)c3c2[C@@H](CC2(OC[C@@H](CCO[Si](c4ccccc4)(c4ccccc4)C(C)(C)C)[C@@H]2C)O3)O1. The first kappa shape index (κ1) is 33.7. The lowest BCUT2D eigenvalue weighted by Crippen LogP contribution is -2.66. The molecule has 0 aromatic heterocycles. The van der Waals surface area contributed by atoms with E-state index >= 15 is 0 Å². The molecular weight excluding hydrogens is 609 g/mol. The fraction of sp³-hybridized carbons (Fsp3) is 0.513. The van der Waals surface area contributed by atoms with Gasteiger partial charge in [-0.3, -0.25) is 0 Å². The number of carboxylic acid groups (broad SMARTS) is 1. The Morgan fingerprint density at radius 1 is 1.02 bits per heavy atom. The lowest BCUT2D eigenvalue weighted by atomic mass is 9.79. The van der Waals surface area contributed by atoms with Crippen molar-refractivity contribution in [2.24, 2.45) is 11.8 Å². The average molecular weight is 659 g/mol. The van der Waals surface area contributed by atoms with Crippen LogP contribution in [0.25, 0.3) is 0 Å². The van der Waals surface area contributed by atoms with Crippen LogP contribution in [0.3, 0.4) is 0 Å². The predicted octanol–water partition coefficient (Wildman–Crippen LogP) is 7.38. The molecule has 1 spiro atoms. The van der Waals surface area contributed by atoms with Gasteiger partial charge in [0, 0.05) is 24.5 Å². The van der Waals surface area contributed by atoms with Crippen molar-refractivity contribution in [3.63, 3.8) is 0 Å². The van der Waals surface area contributed by atoms with Gasteiger partial charge in [0.15, 0.2) is 0 Å². The second-order valence-corrected chi connectivity index (χ2v) is 19.0. The normalized spacial score (nSPS) is 25.4. The van der Waals surface area contributed by atoms with Gasteiger partial charge in [-0.15, -0.1) is 0 Å². The lowest BCUT2D eigenvalue weighted by Gasteiger charge is -2.46. The van der Waals surface area contributed by atoms with E-state index in [9.17, 15) is 15.0 Å². The van der Waals surface area contributed by atoms with Crippen molar-refractivity contribution in [3.05, 3.63) is 83.4 Å². The second-order valence-electron chi connectivity index (χ2n) is 14.7. The molecule has 0 amide bonds. The molecule has 0 bridgehead atoms. The molecule has 7 nitrogen and oxygen atoms in total. The molecule has 0 aliphatic carbocycles. The van der Waals surface area contributed by atoms with Gasteiger partial charge >= 0.3 is 5.97 Å². The first-order valence-electron chi connectivity index (χ1n) is 17.4. The van der Waals surface area contributed by atoms with Crippen LogP contribution < -0.4 is 15.1 Å². The van der Waals surface area contributed by atoms with Gasteiger partial charge < -0.3 is 28.8 Å². The van der Waals surface area contributed by atoms with Crippen molar-refractivity contribution >= 4 is 24.7 Å². The summed E-state index contributed by atoms with van der Waals surface area (Å²) < 4.78 is 27.1. The van der Waals surface area contributed by atoms with Crippen molar-refractivity contribution in [3.8, 4) is 11.5 Å². The Hall–Kier alpha value is -3.17. The zero-order valence-electron chi connectivity index (χ0n) is 28.5. The highest BCUT2D eigenvalue weighted by molar-refractivity contribution is 6.99. The van der Waals surface area contributed by atoms with E-state index in [1.165, 1.54) is 10.4 Å². The van der Waals surface area contributed by atoms with E-state index < -0.39 is 20.1 Å². The summed E-state index contributed by atoms with van der Waals surface area (Å²) in [6.45, 7) is 12.2. The van der Waals surface area contributed by atoms with E-state index in [-0.39, 0.29) is 46.1 Å². The van der Waals surface area contributed by atoms with Crippen LogP contribution in [-0.2, 0) is 20.3 Å². The number of unbranched alkanes of at least 4 members (excludes halogenated alkanes) is 2. The summed E-state index contributed by atoms with van der Waals surface area (Å²) in [6, 6.07) is 22.9. The molecule has 1 saturated heterocycles. The monoisotopic (exact) mass is 658 g/mol. The van der Waals surface area contributed by atoms with Crippen LogP contribution >= 0.6 is 0 Å². The molecule has 2 N–H and O–H groups in total. The molecule has 3 aromatic carbocycles. The summed E-state index contributed by atoms with van der Waals surface area (Å²) in [5.41, 5.74) is 1.46. The molecular formula is C39H50O7Si. The molecule has 252 valence electrons. The Kier molecular flexibility index (Phi) is 9.60. The molecule has 0 saturated carbocycles. The lowest BCUT2D eigenvalue weighted by molar-refractivity contribution is -0.214. The third-order valence-corrected chi connectivity index (χ3v) is 15.8. The van der Waals surface area contributed by atoms with E-state index in [1.54, 1.807) is 6.07 Å². The minimum atomic E-state index is -2.69. The molecule has 8 heteroatoms. The maximum atomic E-state index is 12.4. The smallest absolute Gasteiger partial charge is 0.343 e. The highest BCUT2D eigenvalue weighted by Gasteiger charge is 2.56. The van der Waals surface area contributed by atoms with Gasteiger partial charge in [-0.2, -0.15) is 0 Å². The van der Waals surface area contributed by atoms with Gasteiger partial charge in [-0.05, 0) is 52.2 Å². The largest absolute Gasteiger partial charge is 0.507 e. The van der Waals surface area contributed by atoms with Gasteiger partial charge in [0.25, 0.3) is 8.32 Å². The Morgan fingerprint density at radius 2 is 1.68 bits per heavy atom. The number of hydrogen-bond acceptors (Lipinski definition) is 6. The first-order valence-corrected chi connectivity index (χ1v) is 19.3. The summed E-state index contributed by atoms with van der Waals surface area (Å²) in [6.07, 6.45) is 5.78. The Balaban J connectivity index is 1.26. The van der Waals surface area contributed by atoms with Gasteiger partial charge in [0.2, 0.25) is 5.79 Å². The number of carboxylic acids is 1. The molecule has 3 aromatic rings. The molecule has 5 atom stereocenters. The van der Waals surface area contributed by atoms with E-state index in [1.807, 2.05) is 0 Å². The Labute approximate surface area is 280 Å². The summed E-state index contributed by atoms with van der Waals surface area (Å²) in [7, 11) is -2.69. The van der Waals surface area contributed by atoms with Crippen molar-refractivity contribution in [2.75, 3.05) is 13.2 Å². The third-order valence-electron chi connectivity index (χ3n) is 10.8. The second kappa shape index (κ2) is 13.4. The number of ether oxygens (including phenoxy) is 3. The fourth-order valence-corrected chi connectivity index (χ4v) is 12.8. The van der Waals surface area contributed by atoms with Crippen LogP contribution in [-0.4, -0.2) is 49.6 Å². The standard InChI is InChI=1S/C39H50O7Si/c1-6-7-10-15-29-22-28-23-32(40)35(37(41)42)36-34(28)33(45-29)24-39(46-36)26(2)27(25-43-39)20-21-44-47(38(3,4)5,30-16-11-8-12-17-30)31-18-13-9-14-19-31/h8-9,11-14,16-19,23,26-27,29,33,40H,6-7,10,15,20-22,24-25H2,1-5H3,(H,41,42)/t26-,27+,29-,33+,39?/m0/s1. The van der Waals surface area contributed by atoms with Crippen molar-refractivity contribution in [1.29, 1.82) is 0 Å². The van der Waals surface area contributed by atoms with E-state index in [2.05, 4.69) is 95.3 Å². The Morgan fingerprint density at radius 3 is 2.28 bits per heavy atom. The number of phenols is 1. The van der Waals surface area contributed by atoms with Crippen LogP contribution in [0.5, 0.6) is 11.5 Å². The van der Waals surface area contributed by atoms with Crippen LogP contribution in [0.4, 0.5) is 0 Å². The number of rotatable bonds is 11. The minimum absolute atomic E-state index is 0.00415. The van der Waals surface area contributed by atoms with E-state index in [0.717, 1.165) is 43.2 Å². The summed E-state index contributed by atoms with van der Waals surface area (Å²) in [5.74, 6) is -2.27. The van der Waals surface area contributed by atoms with Crippen LogP contribution in [0.1, 0.15) is 101 Å². The molecule has 3 heterocycles. The van der Waals surface area contributed by atoms with Gasteiger partial charge in [-0.25, -0.2) is 4.79 Å². The number of aromatic hydroxyl groups is 1. The topological polar surface area (TPSA) is 94.5 Å². The van der Waals surface area contributed by atoms with Crippen LogP contribution in [0, 0.1) is 11.8 Å². The van der Waals surface area contributed by atoms with Crippen molar-refractivity contribution < 1.29 is 33.6 Å². The number of benzene rings is 3. The summed E-state index contributed by atoms with van der Waals surface area (Å²) >= 11 is 0. The highest BCUT2D eigenvalue weighted by atomic mass is 28.4. The zero-order chi connectivity index (χ0) is 33.4. The molecule has 1 unspecified atom stereocenters. The third kappa shape index (κ3) is 6.14. The number of carbonyl (C=O) groups is 1. The summed E-state index contributed by atoms with van der Waals surface area (Å²) in [5, 5.41) is 23.4. The van der Waals surface area contributed by atoms with Gasteiger partial charge in [0.05, 0.1) is 18.8 Å². The van der Waals surface area contributed by atoms with Gasteiger partial charge in [0.1, 0.15) is 17.1 Å². The zero-order valence-corrected chi connectivity index (χ0v) is 29.5. The van der Waals surface area contributed by atoms with Gasteiger partial charge in [-0.1, -0.05) is 115 Å². The van der Waals surface area contributed by atoms with Crippen LogP contribution in [0.2, 0.25) is 5.04 Å². The molecule has 6 rings (SSSR count). The molecule has 3 aliphatic rings. The minimum Gasteiger partial charge on any atom is -0.507 e. The first-order chi connectivity index (χ1) is 22.5. The molecule has 0 radical (unpaired) electrons. The van der Waals surface area contributed by atoms with E-state index in [0.29, 0.717) is 26.1 Å². The van der Waals surface area contributed by atoms with E-state index in [4.69, 9.17) is 18.6 Å². The number of hydrogen-bond donors (Lipinski definition) is 2. The molecule has 47 heavy (non-hydrogen) atoms. The maximum absolute atomic E-state index is 12.4. The quantitative estimate of drug-likeness (QED) is 0.164. The Bertz CT molecular complexity index is 1510. The fourth-order valence-electron chi connectivity index (χ4n) is 8.26. The van der Waals surface area contributed by atoms with Crippen LogP contribution in [0.15, 0.2) is 66.7 Å². The summed E-state index contributed by atoms with van der Waals surface area (Å²) in [4.78, 5) is 12.4. The highest BCUT2D eigenvalue weighted by Crippen LogP contribution is 2.55. The van der Waals surface area contributed by atoms with Crippen molar-refractivity contribution in [2.45, 2.75) is 103 Å². The predicted molar refractivity (Wildman–Crippen MR) is 185 cm³/mol. The van der Waals surface area contributed by atoms with Crippen molar-refractivity contribution in [1.82, 2.24) is 0 Å². The average Bonchev–Trinajstić information content (AvgIpc) is 3.32. The number of aromatic carboxylic acids is 1. The molecule has 3 aliphatic heterocycles.